The first-order valence-corrected chi connectivity index (χ1v) is 5.90. The van der Waals surface area contributed by atoms with E-state index >= 15 is 0 Å². The summed E-state index contributed by atoms with van der Waals surface area (Å²) in [6.45, 7) is 0. The summed E-state index contributed by atoms with van der Waals surface area (Å²) in [7, 11) is 0. The van der Waals surface area contributed by atoms with Gasteiger partial charge in [-0.2, -0.15) is 0 Å². The summed E-state index contributed by atoms with van der Waals surface area (Å²) >= 11 is 3.41. The number of anilines is 1. The van der Waals surface area contributed by atoms with Crippen molar-refractivity contribution in [3.8, 4) is 5.69 Å². The van der Waals surface area contributed by atoms with Gasteiger partial charge in [-0.15, -0.1) is 0 Å². The van der Waals surface area contributed by atoms with Crippen LogP contribution in [0.3, 0.4) is 0 Å². The molecule has 3 rings (SSSR count). The molecule has 2 aromatic heterocycles. The molecule has 0 aliphatic heterocycles. The minimum Gasteiger partial charge on any atom is -0.369 e. The van der Waals surface area contributed by atoms with Crippen molar-refractivity contribution < 1.29 is 0 Å². The second-order valence-electron chi connectivity index (χ2n) is 3.63. The normalized spacial score (nSPS) is 10.9. The van der Waals surface area contributed by atoms with Gasteiger partial charge in [-0.25, -0.2) is 9.97 Å². The molecule has 3 aromatic rings. The molecule has 84 valence electrons. The number of imidazole rings is 1. The molecule has 2 N–H and O–H groups in total. The summed E-state index contributed by atoms with van der Waals surface area (Å²) < 4.78 is 2.86. The van der Waals surface area contributed by atoms with Crippen molar-refractivity contribution in [2.75, 3.05) is 5.73 Å². The predicted octanol–water partition coefficient (Wildman–Crippen LogP) is 2.77. The van der Waals surface area contributed by atoms with Gasteiger partial charge in [-0.1, -0.05) is 15.9 Å². The Labute approximate surface area is 106 Å². The Hall–Kier alpha value is -1.88. The fraction of sp³-hybridized carbons (Fsp3) is 0. The first-order chi connectivity index (χ1) is 8.25. The maximum atomic E-state index is 5.92. The van der Waals surface area contributed by atoms with Gasteiger partial charge in [0.2, 0.25) is 5.95 Å². The topological polar surface area (TPSA) is 56.7 Å². The molecular weight excluding hydrogens is 280 g/mol. The van der Waals surface area contributed by atoms with Gasteiger partial charge in [0.1, 0.15) is 5.52 Å². The van der Waals surface area contributed by atoms with E-state index in [1.807, 2.05) is 41.0 Å². The molecule has 0 aliphatic rings. The van der Waals surface area contributed by atoms with Crippen molar-refractivity contribution in [1.29, 1.82) is 0 Å². The summed E-state index contributed by atoms with van der Waals surface area (Å²) in [6, 6.07) is 11.6. The quantitative estimate of drug-likeness (QED) is 0.749. The van der Waals surface area contributed by atoms with Crippen molar-refractivity contribution >= 4 is 33.0 Å². The lowest BCUT2D eigenvalue weighted by Gasteiger charge is -2.05. The van der Waals surface area contributed by atoms with Gasteiger partial charge in [0.05, 0.1) is 5.69 Å². The SMILES string of the molecule is Nc1nc2cccnc2n1-c1ccc(Br)cc1. The van der Waals surface area contributed by atoms with E-state index in [9.17, 15) is 0 Å². The lowest BCUT2D eigenvalue weighted by atomic mass is 10.3. The largest absolute Gasteiger partial charge is 0.369 e. The third kappa shape index (κ3) is 1.68. The van der Waals surface area contributed by atoms with E-state index < -0.39 is 0 Å². The number of halogens is 1. The third-order valence-electron chi connectivity index (χ3n) is 2.53. The maximum absolute atomic E-state index is 5.92. The molecule has 0 amide bonds. The summed E-state index contributed by atoms with van der Waals surface area (Å²) in [5, 5.41) is 0. The highest BCUT2D eigenvalue weighted by atomic mass is 79.9. The number of benzene rings is 1. The van der Waals surface area contributed by atoms with Crippen LogP contribution in [-0.4, -0.2) is 14.5 Å². The molecule has 0 bridgehead atoms. The third-order valence-corrected chi connectivity index (χ3v) is 3.06. The molecule has 2 heterocycles. The van der Waals surface area contributed by atoms with Crippen LogP contribution >= 0.6 is 15.9 Å². The number of nitrogen functional groups attached to an aromatic ring is 1. The first kappa shape index (κ1) is 10.3. The summed E-state index contributed by atoms with van der Waals surface area (Å²) in [6.07, 6.45) is 1.73. The lowest BCUT2D eigenvalue weighted by Crippen LogP contribution is -2.00. The molecule has 0 atom stereocenters. The number of aromatic nitrogens is 3. The summed E-state index contributed by atoms with van der Waals surface area (Å²) in [5.41, 5.74) is 8.44. The van der Waals surface area contributed by atoms with Crippen LogP contribution in [-0.2, 0) is 0 Å². The van der Waals surface area contributed by atoms with Crippen LogP contribution in [0.25, 0.3) is 16.9 Å². The van der Waals surface area contributed by atoms with Crippen LogP contribution in [0.2, 0.25) is 0 Å². The van der Waals surface area contributed by atoms with Crippen LogP contribution in [0.5, 0.6) is 0 Å². The zero-order valence-electron chi connectivity index (χ0n) is 8.84. The zero-order valence-corrected chi connectivity index (χ0v) is 10.4. The number of hydrogen-bond acceptors (Lipinski definition) is 3. The molecule has 0 radical (unpaired) electrons. The van der Waals surface area contributed by atoms with Crippen LogP contribution in [0, 0.1) is 0 Å². The second-order valence-corrected chi connectivity index (χ2v) is 4.54. The van der Waals surface area contributed by atoms with Crippen molar-refractivity contribution in [3.05, 3.63) is 47.1 Å². The van der Waals surface area contributed by atoms with E-state index in [2.05, 4.69) is 25.9 Å². The molecule has 0 saturated carbocycles. The number of fused-ring (bicyclic) bond motifs is 1. The first-order valence-electron chi connectivity index (χ1n) is 5.10. The van der Waals surface area contributed by atoms with Gasteiger partial charge < -0.3 is 5.73 Å². The van der Waals surface area contributed by atoms with E-state index in [4.69, 9.17) is 5.73 Å². The van der Waals surface area contributed by atoms with Gasteiger partial charge in [-0.3, -0.25) is 4.57 Å². The number of rotatable bonds is 1. The van der Waals surface area contributed by atoms with Crippen LogP contribution in [0.4, 0.5) is 5.95 Å². The Morgan fingerprint density at radius 3 is 2.65 bits per heavy atom. The number of hydrogen-bond donors (Lipinski definition) is 1. The monoisotopic (exact) mass is 288 g/mol. The van der Waals surface area contributed by atoms with Crippen molar-refractivity contribution in [2.24, 2.45) is 0 Å². The molecular formula is C12H9BrN4. The molecule has 5 heteroatoms. The predicted molar refractivity (Wildman–Crippen MR) is 71.0 cm³/mol. The zero-order chi connectivity index (χ0) is 11.8. The van der Waals surface area contributed by atoms with E-state index in [0.29, 0.717) is 5.95 Å². The van der Waals surface area contributed by atoms with Gasteiger partial charge in [-0.05, 0) is 36.4 Å². The molecule has 4 nitrogen and oxygen atoms in total. The van der Waals surface area contributed by atoms with Crippen LogP contribution in [0.15, 0.2) is 47.1 Å². The van der Waals surface area contributed by atoms with E-state index in [1.54, 1.807) is 6.20 Å². The average Bonchev–Trinajstić information content (AvgIpc) is 2.66. The fourth-order valence-electron chi connectivity index (χ4n) is 1.77. The lowest BCUT2D eigenvalue weighted by molar-refractivity contribution is 1.08. The fourth-order valence-corrected chi connectivity index (χ4v) is 2.04. The molecule has 1 aromatic carbocycles. The minimum absolute atomic E-state index is 0.445. The van der Waals surface area contributed by atoms with Crippen molar-refractivity contribution in [3.63, 3.8) is 0 Å². The van der Waals surface area contributed by atoms with Crippen LogP contribution < -0.4 is 5.73 Å². The highest BCUT2D eigenvalue weighted by molar-refractivity contribution is 9.10. The maximum Gasteiger partial charge on any atom is 0.207 e. The second kappa shape index (κ2) is 3.85. The molecule has 17 heavy (non-hydrogen) atoms. The van der Waals surface area contributed by atoms with Gasteiger partial charge in [0.15, 0.2) is 5.65 Å². The van der Waals surface area contributed by atoms with Gasteiger partial charge in [0.25, 0.3) is 0 Å². The number of nitrogens with two attached hydrogens (primary N) is 1. The number of nitrogens with zero attached hydrogens (tertiary/aromatic N) is 3. The Morgan fingerprint density at radius 1 is 1.12 bits per heavy atom. The summed E-state index contributed by atoms with van der Waals surface area (Å²) in [4.78, 5) is 8.59. The molecule has 0 saturated heterocycles. The Morgan fingerprint density at radius 2 is 1.88 bits per heavy atom. The van der Waals surface area contributed by atoms with Crippen LogP contribution in [0.1, 0.15) is 0 Å². The Bertz CT molecular complexity index is 673. The average molecular weight is 289 g/mol. The Balaban J connectivity index is 2.29. The van der Waals surface area contributed by atoms with Crippen molar-refractivity contribution in [1.82, 2.24) is 14.5 Å². The Kier molecular flexibility index (Phi) is 2.33. The van der Waals surface area contributed by atoms with Crippen molar-refractivity contribution in [2.45, 2.75) is 0 Å². The molecule has 0 unspecified atom stereocenters. The summed E-state index contributed by atoms with van der Waals surface area (Å²) in [5.74, 6) is 0.445. The molecule has 0 aliphatic carbocycles. The van der Waals surface area contributed by atoms with E-state index in [1.165, 1.54) is 0 Å². The minimum atomic E-state index is 0.445. The van der Waals surface area contributed by atoms with E-state index in [0.717, 1.165) is 21.3 Å². The van der Waals surface area contributed by atoms with E-state index in [-0.39, 0.29) is 0 Å². The molecule has 0 spiro atoms. The van der Waals surface area contributed by atoms with Gasteiger partial charge >= 0.3 is 0 Å². The number of pyridine rings is 1. The van der Waals surface area contributed by atoms with Gasteiger partial charge in [0, 0.05) is 10.7 Å². The smallest absolute Gasteiger partial charge is 0.207 e. The highest BCUT2D eigenvalue weighted by Gasteiger charge is 2.09. The standard InChI is InChI=1S/C12H9BrN4/c13-8-3-5-9(6-4-8)17-11-10(16-12(17)14)2-1-7-15-11/h1-7H,(H2,14,16). The highest BCUT2D eigenvalue weighted by Crippen LogP contribution is 2.22. The molecule has 0 fully saturated rings.